The predicted octanol–water partition coefficient (Wildman–Crippen LogP) is 3.39. The van der Waals surface area contributed by atoms with Gasteiger partial charge in [-0.25, -0.2) is 8.42 Å². The van der Waals surface area contributed by atoms with E-state index in [0.717, 1.165) is 22.8 Å². The number of rotatable bonds is 7. The van der Waals surface area contributed by atoms with E-state index in [-0.39, 0.29) is 34.7 Å². The van der Waals surface area contributed by atoms with Crippen LogP contribution in [0.3, 0.4) is 0 Å². The average Bonchev–Trinajstić information content (AvgIpc) is 3.30. The number of carbonyl (C=O) groups excluding carboxylic acids is 1. The van der Waals surface area contributed by atoms with Crippen LogP contribution in [-0.4, -0.2) is 61.7 Å². The highest BCUT2D eigenvalue weighted by molar-refractivity contribution is 8.00. The van der Waals surface area contributed by atoms with Gasteiger partial charge in [0, 0.05) is 34.3 Å². The number of carbonyl (C=O) groups is 1. The molecule has 2 heterocycles. The Balaban J connectivity index is 1.47. The highest BCUT2D eigenvalue weighted by Crippen LogP contribution is 2.35. The number of hydrogen-bond acceptors (Lipinski definition) is 6. The van der Waals surface area contributed by atoms with E-state index in [1.807, 2.05) is 48.5 Å². The minimum atomic E-state index is -3.05. The van der Waals surface area contributed by atoms with Crippen molar-refractivity contribution < 1.29 is 17.9 Å². The van der Waals surface area contributed by atoms with E-state index in [2.05, 4.69) is 10.2 Å². The van der Waals surface area contributed by atoms with Crippen molar-refractivity contribution in [2.24, 2.45) is 0 Å². The molecular formula is C23H27ClN2O4S2. The van der Waals surface area contributed by atoms with Crippen molar-refractivity contribution in [1.29, 1.82) is 0 Å². The molecule has 0 saturated carbocycles. The fourth-order valence-corrected chi connectivity index (χ4v) is 7.43. The van der Waals surface area contributed by atoms with Crippen LogP contribution in [0.4, 0.5) is 0 Å². The second-order valence-electron chi connectivity index (χ2n) is 8.33. The van der Waals surface area contributed by atoms with Crippen molar-refractivity contribution >= 4 is 39.1 Å². The number of sulfone groups is 1. The Morgan fingerprint density at radius 3 is 2.69 bits per heavy atom. The van der Waals surface area contributed by atoms with Gasteiger partial charge in [-0.05, 0) is 54.8 Å². The molecule has 2 aromatic carbocycles. The van der Waals surface area contributed by atoms with Crippen LogP contribution < -0.4 is 10.1 Å². The lowest BCUT2D eigenvalue weighted by atomic mass is 10.1. The van der Waals surface area contributed by atoms with E-state index in [1.165, 1.54) is 0 Å². The minimum absolute atomic E-state index is 0.0315. The Labute approximate surface area is 198 Å². The molecule has 6 nitrogen and oxygen atoms in total. The maximum Gasteiger partial charge on any atom is 0.237 e. The van der Waals surface area contributed by atoms with E-state index in [4.69, 9.17) is 16.3 Å². The summed E-state index contributed by atoms with van der Waals surface area (Å²) in [6, 6.07) is 15.0. The number of methoxy groups -OCH3 is 1. The zero-order chi connectivity index (χ0) is 22.7. The minimum Gasteiger partial charge on any atom is -0.497 e. The first-order valence-electron chi connectivity index (χ1n) is 10.6. The van der Waals surface area contributed by atoms with Crippen molar-refractivity contribution in [3.8, 4) is 5.75 Å². The highest BCUT2D eigenvalue weighted by Gasteiger charge is 2.39. The third kappa shape index (κ3) is 5.98. The van der Waals surface area contributed by atoms with E-state index in [0.29, 0.717) is 24.4 Å². The molecule has 32 heavy (non-hydrogen) atoms. The van der Waals surface area contributed by atoms with Crippen LogP contribution in [0.2, 0.25) is 5.02 Å². The number of thioether (sulfide) groups is 1. The van der Waals surface area contributed by atoms with Gasteiger partial charge in [-0.1, -0.05) is 23.7 Å². The molecule has 0 bridgehead atoms. The molecule has 0 radical (unpaired) electrons. The number of nitrogens with zero attached hydrogens (tertiary/aromatic N) is 1. The summed E-state index contributed by atoms with van der Waals surface area (Å²) in [5.74, 6) is 0.897. The average molecular weight is 495 g/mol. The molecule has 3 atom stereocenters. The van der Waals surface area contributed by atoms with Crippen molar-refractivity contribution in [2.75, 3.05) is 25.2 Å². The monoisotopic (exact) mass is 494 g/mol. The van der Waals surface area contributed by atoms with Crippen LogP contribution in [0.5, 0.6) is 5.75 Å². The van der Waals surface area contributed by atoms with Crippen molar-refractivity contribution in [2.45, 2.75) is 41.6 Å². The molecule has 0 aliphatic carbocycles. The van der Waals surface area contributed by atoms with Gasteiger partial charge in [0.15, 0.2) is 9.84 Å². The summed E-state index contributed by atoms with van der Waals surface area (Å²) in [4.78, 5) is 16.5. The molecule has 9 heteroatoms. The third-order valence-electron chi connectivity index (χ3n) is 5.88. The Hall–Kier alpha value is -1.74. The fraction of sp³-hybridized carbons (Fsp3) is 0.435. The summed E-state index contributed by atoms with van der Waals surface area (Å²) in [6.45, 7) is 1.37. The first-order valence-corrected chi connectivity index (χ1v) is 13.7. The molecule has 4 rings (SSSR count). The largest absolute Gasteiger partial charge is 0.497 e. The van der Waals surface area contributed by atoms with Crippen LogP contribution in [0, 0.1) is 0 Å². The Kier molecular flexibility index (Phi) is 7.34. The van der Waals surface area contributed by atoms with Gasteiger partial charge in [-0.2, -0.15) is 0 Å². The number of nitrogens with one attached hydrogen (secondary N) is 1. The zero-order valence-electron chi connectivity index (χ0n) is 17.9. The molecule has 2 aliphatic rings. The molecule has 0 aromatic heterocycles. The van der Waals surface area contributed by atoms with E-state index >= 15 is 0 Å². The van der Waals surface area contributed by atoms with Crippen LogP contribution >= 0.6 is 23.4 Å². The number of ether oxygens (including phenoxy) is 1. The first-order chi connectivity index (χ1) is 15.3. The number of amides is 1. The summed E-state index contributed by atoms with van der Waals surface area (Å²) >= 11 is 7.91. The third-order valence-corrected chi connectivity index (χ3v) is 9.11. The van der Waals surface area contributed by atoms with Gasteiger partial charge in [0.2, 0.25) is 5.91 Å². The molecule has 172 valence electrons. The zero-order valence-corrected chi connectivity index (χ0v) is 20.3. The second-order valence-corrected chi connectivity index (χ2v) is 12.4. The van der Waals surface area contributed by atoms with Crippen LogP contribution in [-0.2, 0) is 21.2 Å². The molecule has 1 amide bonds. The number of hydrogen-bond donors (Lipinski definition) is 1. The van der Waals surface area contributed by atoms with Gasteiger partial charge >= 0.3 is 0 Å². The second kappa shape index (κ2) is 10.0. The summed E-state index contributed by atoms with van der Waals surface area (Å²) < 4.78 is 28.8. The summed E-state index contributed by atoms with van der Waals surface area (Å²) in [7, 11) is -1.40. The molecule has 2 saturated heterocycles. The number of likely N-dealkylation sites (tertiary alicyclic amines) is 1. The normalized spacial score (nSPS) is 25.0. The SMILES string of the molecule is COc1ccc(S[C@@H]2C[C@@H](C(=O)N[C@H]3CCS(=O)(=O)C3)N(Cc3cccc(Cl)c3)C2)cc1. The van der Waals surface area contributed by atoms with Crippen molar-refractivity contribution in [3.05, 3.63) is 59.1 Å². The Morgan fingerprint density at radius 2 is 2.03 bits per heavy atom. The molecular weight excluding hydrogens is 468 g/mol. The van der Waals surface area contributed by atoms with Crippen molar-refractivity contribution in [1.82, 2.24) is 10.2 Å². The maximum absolute atomic E-state index is 13.2. The molecule has 0 spiro atoms. The number of benzene rings is 2. The van der Waals surface area contributed by atoms with Gasteiger partial charge < -0.3 is 10.1 Å². The summed E-state index contributed by atoms with van der Waals surface area (Å²) in [6.07, 6.45) is 1.18. The maximum atomic E-state index is 13.2. The molecule has 2 aliphatic heterocycles. The van der Waals surface area contributed by atoms with Gasteiger partial charge in [-0.15, -0.1) is 11.8 Å². The van der Waals surface area contributed by atoms with Gasteiger partial charge in [0.1, 0.15) is 5.75 Å². The lowest BCUT2D eigenvalue weighted by Crippen LogP contribution is -2.47. The topological polar surface area (TPSA) is 75.7 Å². The van der Waals surface area contributed by atoms with Gasteiger partial charge in [-0.3, -0.25) is 9.69 Å². The molecule has 1 N–H and O–H groups in total. The van der Waals surface area contributed by atoms with E-state index in [9.17, 15) is 13.2 Å². The highest BCUT2D eigenvalue weighted by atomic mass is 35.5. The molecule has 2 fully saturated rings. The lowest BCUT2D eigenvalue weighted by Gasteiger charge is -2.25. The van der Waals surface area contributed by atoms with Gasteiger partial charge in [0.25, 0.3) is 0 Å². The molecule has 0 unspecified atom stereocenters. The van der Waals surface area contributed by atoms with Crippen LogP contribution in [0.15, 0.2) is 53.4 Å². The standard InChI is InChI=1S/C23H27ClN2O4S2/c1-30-19-5-7-20(8-6-19)31-21-12-22(23(27)25-18-9-10-32(28,29)15-18)26(14-21)13-16-3-2-4-17(24)11-16/h2-8,11,18,21-22H,9-10,12-15H2,1H3,(H,25,27)/t18-,21+,22-/m0/s1. The van der Waals surface area contributed by atoms with Crippen LogP contribution in [0.25, 0.3) is 0 Å². The quantitative estimate of drug-likeness (QED) is 0.636. The first kappa shape index (κ1) is 23.4. The smallest absolute Gasteiger partial charge is 0.237 e. The Bertz CT molecular complexity index is 1060. The summed E-state index contributed by atoms with van der Waals surface area (Å²) in [5, 5.41) is 3.90. The summed E-state index contributed by atoms with van der Waals surface area (Å²) in [5.41, 5.74) is 1.05. The van der Waals surface area contributed by atoms with E-state index in [1.54, 1.807) is 18.9 Å². The fourth-order valence-electron chi connectivity index (χ4n) is 4.32. The van der Waals surface area contributed by atoms with Crippen LogP contribution in [0.1, 0.15) is 18.4 Å². The van der Waals surface area contributed by atoms with E-state index < -0.39 is 9.84 Å². The molecule has 2 aromatic rings. The Morgan fingerprint density at radius 1 is 1.25 bits per heavy atom. The lowest BCUT2D eigenvalue weighted by molar-refractivity contribution is -0.126. The number of halogens is 1. The van der Waals surface area contributed by atoms with Gasteiger partial charge in [0.05, 0.1) is 24.7 Å². The van der Waals surface area contributed by atoms with Crippen molar-refractivity contribution in [3.63, 3.8) is 0 Å². The predicted molar refractivity (Wildman–Crippen MR) is 128 cm³/mol.